The van der Waals surface area contributed by atoms with E-state index in [4.69, 9.17) is 11.6 Å². The summed E-state index contributed by atoms with van der Waals surface area (Å²) in [6.45, 7) is 5.24. The highest BCUT2D eigenvalue weighted by Crippen LogP contribution is 2.22. The third-order valence-corrected chi connectivity index (χ3v) is 4.33. The number of hydrogen-bond acceptors (Lipinski definition) is 2. The fourth-order valence-corrected chi connectivity index (χ4v) is 2.90. The number of benzene rings is 1. The molecule has 0 bridgehead atoms. The molecule has 1 atom stereocenters. The van der Waals surface area contributed by atoms with Gasteiger partial charge >= 0.3 is 0 Å². The fourth-order valence-electron chi connectivity index (χ4n) is 1.86. The molecule has 1 nitrogen and oxygen atoms in total. The van der Waals surface area contributed by atoms with E-state index < -0.39 is 0 Å². The minimum atomic E-state index is 0.358. The average Bonchev–Trinajstić information content (AvgIpc) is 2.82. The molecule has 1 aromatic heterocycles. The van der Waals surface area contributed by atoms with Gasteiger partial charge in [0.05, 0.1) is 4.34 Å². The fraction of sp³-hybridized carbons (Fsp3) is 0.333. The summed E-state index contributed by atoms with van der Waals surface area (Å²) >= 11 is 7.55. The van der Waals surface area contributed by atoms with E-state index in [1.54, 1.807) is 11.3 Å². The van der Waals surface area contributed by atoms with Gasteiger partial charge in [0.25, 0.3) is 0 Å². The molecule has 1 N–H and O–H groups in total. The van der Waals surface area contributed by atoms with Crippen LogP contribution in [0.4, 0.5) is 0 Å². The minimum absolute atomic E-state index is 0.358. The second-order valence-electron chi connectivity index (χ2n) is 4.40. The lowest BCUT2D eigenvalue weighted by molar-refractivity contribution is 0.579. The lowest BCUT2D eigenvalue weighted by Gasteiger charge is -2.14. The third kappa shape index (κ3) is 3.58. The molecule has 0 aliphatic rings. The highest BCUT2D eigenvalue weighted by Gasteiger charge is 2.05. The van der Waals surface area contributed by atoms with Crippen LogP contribution in [-0.2, 0) is 13.0 Å². The van der Waals surface area contributed by atoms with Crippen LogP contribution in [0.3, 0.4) is 0 Å². The molecule has 0 amide bonds. The molecule has 0 saturated heterocycles. The van der Waals surface area contributed by atoms with Crippen molar-refractivity contribution in [3.05, 3.63) is 56.7 Å². The summed E-state index contributed by atoms with van der Waals surface area (Å²) in [6.07, 6.45) is 1.09. The monoisotopic (exact) mass is 279 g/mol. The molecule has 1 aromatic carbocycles. The number of hydrogen-bond donors (Lipinski definition) is 1. The summed E-state index contributed by atoms with van der Waals surface area (Å²) in [5, 5.41) is 3.52. The zero-order chi connectivity index (χ0) is 13.0. The smallest absolute Gasteiger partial charge is 0.0931 e. The Hall–Kier alpha value is -0.830. The zero-order valence-electron chi connectivity index (χ0n) is 10.7. The molecule has 2 rings (SSSR count). The van der Waals surface area contributed by atoms with E-state index in [0.717, 1.165) is 17.3 Å². The average molecular weight is 280 g/mol. The Balaban J connectivity index is 1.92. The molecule has 0 fully saturated rings. The predicted octanol–water partition coefficient (Wildman–Crippen LogP) is 4.81. The summed E-state index contributed by atoms with van der Waals surface area (Å²) in [5.74, 6) is 0. The first-order valence-corrected chi connectivity index (χ1v) is 7.45. The standard InChI is InChI=1S/C15H18ClNS/c1-3-12-4-6-13(7-5-12)11(2)17-10-14-8-9-15(16)18-14/h4-9,11,17H,3,10H2,1-2H3. The molecule has 0 spiro atoms. The maximum absolute atomic E-state index is 5.92. The van der Waals surface area contributed by atoms with Crippen molar-refractivity contribution in [1.29, 1.82) is 0 Å². The first kappa shape index (κ1) is 13.6. The number of nitrogens with one attached hydrogen (secondary N) is 1. The number of rotatable bonds is 5. The summed E-state index contributed by atoms with van der Waals surface area (Å²) in [5.41, 5.74) is 2.71. The van der Waals surface area contributed by atoms with Crippen molar-refractivity contribution >= 4 is 22.9 Å². The second-order valence-corrected chi connectivity index (χ2v) is 6.20. The lowest BCUT2D eigenvalue weighted by atomic mass is 10.1. The van der Waals surface area contributed by atoms with Crippen molar-refractivity contribution in [1.82, 2.24) is 5.32 Å². The molecule has 96 valence electrons. The lowest BCUT2D eigenvalue weighted by Crippen LogP contribution is -2.17. The quantitative estimate of drug-likeness (QED) is 0.828. The summed E-state index contributed by atoms with van der Waals surface area (Å²) in [7, 11) is 0. The first-order valence-electron chi connectivity index (χ1n) is 6.25. The molecule has 2 aromatic rings. The molecule has 0 aliphatic carbocycles. The van der Waals surface area contributed by atoms with Gasteiger partial charge in [0.1, 0.15) is 0 Å². The van der Waals surface area contributed by atoms with E-state index in [1.165, 1.54) is 16.0 Å². The van der Waals surface area contributed by atoms with Crippen molar-refractivity contribution in [2.24, 2.45) is 0 Å². The highest BCUT2D eigenvalue weighted by molar-refractivity contribution is 7.16. The van der Waals surface area contributed by atoms with E-state index in [-0.39, 0.29) is 0 Å². The van der Waals surface area contributed by atoms with E-state index in [1.807, 2.05) is 6.07 Å². The van der Waals surface area contributed by atoms with Crippen molar-refractivity contribution in [2.45, 2.75) is 32.9 Å². The van der Waals surface area contributed by atoms with E-state index >= 15 is 0 Å². The first-order chi connectivity index (χ1) is 8.69. The molecule has 1 heterocycles. The largest absolute Gasteiger partial charge is 0.305 e. The minimum Gasteiger partial charge on any atom is -0.305 e. The van der Waals surface area contributed by atoms with E-state index in [9.17, 15) is 0 Å². The van der Waals surface area contributed by atoms with Gasteiger partial charge in [-0.15, -0.1) is 11.3 Å². The van der Waals surface area contributed by atoms with Gasteiger partial charge in [0.2, 0.25) is 0 Å². The Morgan fingerprint density at radius 2 is 1.89 bits per heavy atom. The Labute approximate surface area is 118 Å². The predicted molar refractivity (Wildman–Crippen MR) is 80.4 cm³/mol. The highest BCUT2D eigenvalue weighted by atomic mass is 35.5. The van der Waals surface area contributed by atoms with Crippen LogP contribution in [0.25, 0.3) is 0 Å². The third-order valence-electron chi connectivity index (χ3n) is 3.10. The van der Waals surface area contributed by atoms with Gasteiger partial charge in [0.15, 0.2) is 0 Å². The van der Waals surface area contributed by atoms with Crippen LogP contribution in [0, 0.1) is 0 Å². The van der Waals surface area contributed by atoms with Crippen molar-refractivity contribution in [3.63, 3.8) is 0 Å². The molecular weight excluding hydrogens is 262 g/mol. The van der Waals surface area contributed by atoms with Gasteiger partial charge < -0.3 is 5.32 Å². The van der Waals surface area contributed by atoms with Crippen molar-refractivity contribution in [3.8, 4) is 0 Å². The maximum atomic E-state index is 5.92. The van der Waals surface area contributed by atoms with Crippen LogP contribution in [0.2, 0.25) is 4.34 Å². The molecule has 1 unspecified atom stereocenters. The van der Waals surface area contributed by atoms with Gasteiger partial charge in [-0.1, -0.05) is 42.8 Å². The Morgan fingerprint density at radius 1 is 1.17 bits per heavy atom. The van der Waals surface area contributed by atoms with Gasteiger partial charge in [0, 0.05) is 17.5 Å². The molecule has 0 aliphatic heterocycles. The van der Waals surface area contributed by atoms with Crippen LogP contribution in [-0.4, -0.2) is 0 Å². The topological polar surface area (TPSA) is 12.0 Å². The van der Waals surface area contributed by atoms with Crippen molar-refractivity contribution in [2.75, 3.05) is 0 Å². The SMILES string of the molecule is CCc1ccc(C(C)NCc2ccc(Cl)s2)cc1. The second kappa shape index (κ2) is 6.37. The maximum Gasteiger partial charge on any atom is 0.0931 e. The van der Waals surface area contributed by atoms with Gasteiger partial charge in [-0.2, -0.15) is 0 Å². The van der Waals surface area contributed by atoms with Crippen LogP contribution in [0.15, 0.2) is 36.4 Å². The number of aryl methyl sites for hydroxylation is 1. The van der Waals surface area contributed by atoms with Crippen LogP contribution in [0.5, 0.6) is 0 Å². The number of thiophene rings is 1. The van der Waals surface area contributed by atoms with Gasteiger partial charge in [-0.25, -0.2) is 0 Å². The van der Waals surface area contributed by atoms with E-state index in [2.05, 4.69) is 49.5 Å². The van der Waals surface area contributed by atoms with Crippen LogP contribution >= 0.6 is 22.9 Å². The Morgan fingerprint density at radius 3 is 2.44 bits per heavy atom. The van der Waals surface area contributed by atoms with E-state index in [0.29, 0.717) is 6.04 Å². The number of halogens is 1. The molecule has 3 heteroatoms. The molecule has 18 heavy (non-hydrogen) atoms. The van der Waals surface area contributed by atoms with Crippen molar-refractivity contribution < 1.29 is 0 Å². The molecular formula is C15H18ClNS. The molecule has 0 saturated carbocycles. The normalized spacial score (nSPS) is 12.6. The molecule has 0 radical (unpaired) electrons. The summed E-state index contributed by atoms with van der Waals surface area (Å²) in [4.78, 5) is 1.28. The summed E-state index contributed by atoms with van der Waals surface area (Å²) < 4.78 is 0.853. The zero-order valence-corrected chi connectivity index (χ0v) is 12.3. The Bertz CT molecular complexity index is 489. The van der Waals surface area contributed by atoms with Crippen LogP contribution in [0.1, 0.15) is 35.9 Å². The Kier molecular flexibility index (Phi) is 4.81. The van der Waals surface area contributed by atoms with Gasteiger partial charge in [-0.3, -0.25) is 0 Å². The summed E-state index contributed by atoms with van der Waals surface area (Å²) in [6, 6.07) is 13.2. The van der Waals surface area contributed by atoms with Gasteiger partial charge in [-0.05, 0) is 36.6 Å². The van der Waals surface area contributed by atoms with Crippen LogP contribution < -0.4 is 5.32 Å².